The third-order valence-corrected chi connectivity index (χ3v) is 12.3. The van der Waals surface area contributed by atoms with Crippen molar-refractivity contribution >= 4 is 0 Å². The van der Waals surface area contributed by atoms with E-state index < -0.39 is 5.41 Å². The summed E-state index contributed by atoms with van der Waals surface area (Å²) in [6.45, 7) is 0. The molecule has 286 valence electrons. The first-order valence-corrected chi connectivity index (χ1v) is 20.7. The van der Waals surface area contributed by atoms with Crippen LogP contribution in [-0.2, 0) is 5.41 Å². The maximum atomic E-state index is 5.22. The van der Waals surface area contributed by atoms with E-state index in [1.807, 2.05) is 78.9 Å². The molecule has 0 fully saturated rings. The first kappa shape index (κ1) is 35.0. The summed E-state index contributed by atoms with van der Waals surface area (Å²) in [5.41, 5.74) is 13.8. The third kappa shape index (κ3) is 5.64. The van der Waals surface area contributed by atoms with E-state index >= 15 is 0 Å². The van der Waals surface area contributed by atoms with Gasteiger partial charge in [-0.2, -0.15) is 0 Å². The van der Waals surface area contributed by atoms with Gasteiger partial charge >= 0.3 is 0 Å². The Hall–Kier alpha value is -7.96. The molecular formula is C55H36N6. The Morgan fingerprint density at radius 3 is 1.20 bits per heavy atom. The minimum Gasteiger partial charge on any atom is -0.212 e. The Kier molecular flexibility index (Phi) is 8.10. The van der Waals surface area contributed by atoms with Crippen LogP contribution in [-0.4, -0.2) is 29.9 Å². The standard InChI is InChI=1S/C55H36N6/c1-5-17-35(18-6-1)49-56-50(36-19-7-2-8-20-36)59-53(58-49)39-29-31-43-41-25-13-15-27-45(41)55(47(43)33-39)46-28-16-14-26-42(46)44-32-30-40(34-48(44)55)54-60-51(37-21-9-3-10-22-37)57-52(61-54)38-23-11-4-12-24-38/h1-23,25-34,38H,24H2. The zero-order valence-electron chi connectivity index (χ0n) is 33.0. The van der Waals surface area contributed by atoms with E-state index in [-0.39, 0.29) is 5.92 Å². The van der Waals surface area contributed by atoms with Crippen molar-refractivity contribution in [2.75, 3.05) is 0 Å². The van der Waals surface area contributed by atoms with Crippen LogP contribution in [0.25, 0.3) is 79.2 Å². The first-order valence-electron chi connectivity index (χ1n) is 20.7. The molecule has 0 saturated heterocycles. The van der Waals surface area contributed by atoms with E-state index in [9.17, 15) is 0 Å². The van der Waals surface area contributed by atoms with Crippen LogP contribution in [0.15, 0.2) is 200 Å². The summed E-state index contributed by atoms with van der Waals surface area (Å²) >= 11 is 0. The van der Waals surface area contributed by atoms with Crippen molar-refractivity contribution in [2.24, 2.45) is 0 Å². The van der Waals surface area contributed by atoms with Crippen molar-refractivity contribution in [3.05, 3.63) is 228 Å². The fourth-order valence-electron chi connectivity index (χ4n) is 9.53. The van der Waals surface area contributed by atoms with Crippen molar-refractivity contribution in [1.29, 1.82) is 0 Å². The molecule has 2 heterocycles. The molecule has 1 spiro atoms. The molecule has 6 heteroatoms. The highest BCUT2D eigenvalue weighted by Gasteiger charge is 2.52. The average molecular weight is 781 g/mol. The predicted molar refractivity (Wildman–Crippen MR) is 242 cm³/mol. The van der Waals surface area contributed by atoms with Crippen molar-refractivity contribution in [3.8, 4) is 79.2 Å². The molecule has 0 N–H and O–H groups in total. The summed E-state index contributed by atoms with van der Waals surface area (Å²) in [7, 11) is 0. The summed E-state index contributed by atoms with van der Waals surface area (Å²) in [6, 6.07) is 61.8. The highest BCUT2D eigenvalue weighted by molar-refractivity contribution is 5.96. The van der Waals surface area contributed by atoms with Crippen LogP contribution in [0.1, 0.15) is 40.4 Å². The highest BCUT2D eigenvalue weighted by Crippen LogP contribution is 2.63. The molecule has 9 aromatic rings. The molecule has 0 aliphatic heterocycles. The van der Waals surface area contributed by atoms with Gasteiger partial charge in [0.25, 0.3) is 0 Å². The van der Waals surface area contributed by atoms with Crippen LogP contribution >= 0.6 is 0 Å². The Morgan fingerprint density at radius 1 is 0.344 bits per heavy atom. The van der Waals surface area contributed by atoms with Gasteiger partial charge in [0.15, 0.2) is 29.1 Å². The second-order valence-corrected chi connectivity index (χ2v) is 15.8. The lowest BCUT2D eigenvalue weighted by Crippen LogP contribution is -2.26. The van der Waals surface area contributed by atoms with E-state index in [0.29, 0.717) is 29.1 Å². The molecule has 7 aromatic carbocycles. The quantitative estimate of drug-likeness (QED) is 0.167. The third-order valence-electron chi connectivity index (χ3n) is 12.3. The van der Waals surface area contributed by atoms with Crippen molar-refractivity contribution in [1.82, 2.24) is 29.9 Å². The summed E-state index contributed by atoms with van der Waals surface area (Å²) in [4.78, 5) is 30.8. The molecule has 0 radical (unpaired) electrons. The first-order chi connectivity index (χ1) is 30.2. The lowest BCUT2D eigenvalue weighted by Gasteiger charge is -2.31. The Bertz CT molecular complexity index is 3160. The van der Waals surface area contributed by atoms with E-state index in [0.717, 1.165) is 40.1 Å². The van der Waals surface area contributed by atoms with Gasteiger partial charge in [-0.1, -0.05) is 188 Å². The van der Waals surface area contributed by atoms with Gasteiger partial charge in [0, 0.05) is 33.7 Å². The molecular weight excluding hydrogens is 745 g/mol. The molecule has 61 heavy (non-hydrogen) atoms. The van der Waals surface area contributed by atoms with Crippen LogP contribution in [0.2, 0.25) is 0 Å². The lowest BCUT2D eigenvalue weighted by atomic mass is 9.70. The number of nitrogens with zero attached hydrogens (tertiary/aromatic N) is 6. The van der Waals surface area contributed by atoms with Crippen LogP contribution in [0.5, 0.6) is 0 Å². The van der Waals surface area contributed by atoms with Gasteiger partial charge in [0.2, 0.25) is 0 Å². The summed E-state index contributed by atoms with van der Waals surface area (Å²) in [6.07, 6.45) is 9.37. The zero-order valence-corrected chi connectivity index (χ0v) is 33.0. The van der Waals surface area contributed by atoms with Crippen LogP contribution in [0.3, 0.4) is 0 Å². The Labute approximate surface area is 353 Å². The average Bonchev–Trinajstić information content (AvgIpc) is 3.81. The predicted octanol–water partition coefficient (Wildman–Crippen LogP) is 12.3. The molecule has 2 aromatic heterocycles. The van der Waals surface area contributed by atoms with Gasteiger partial charge in [0.05, 0.1) is 5.41 Å². The lowest BCUT2D eigenvalue weighted by molar-refractivity contribution is 0.763. The van der Waals surface area contributed by atoms with E-state index in [2.05, 4.69) is 121 Å². The summed E-state index contributed by atoms with van der Waals surface area (Å²) < 4.78 is 0. The number of benzene rings is 7. The molecule has 0 saturated carbocycles. The monoisotopic (exact) mass is 780 g/mol. The molecule has 3 aliphatic carbocycles. The highest BCUT2D eigenvalue weighted by atomic mass is 15.0. The summed E-state index contributed by atoms with van der Waals surface area (Å²) in [5, 5.41) is 0. The van der Waals surface area contributed by atoms with Crippen molar-refractivity contribution < 1.29 is 0 Å². The van der Waals surface area contributed by atoms with Gasteiger partial charge in [-0.15, -0.1) is 0 Å². The largest absolute Gasteiger partial charge is 0.212 e. The SMILES string of the molecule is C1=CCC(c2nc(-c3ccccc3)nc(-c3ccc4c(c3)C3(c5ccccc5-c5ccc(-c6nc(-c7ccccc7)nc(-c7ccccc7)n6)cc53)c3ccccc3-4)n2)C=C1. The minimum absolute atomic E-state index is 0.0615. The number of allylic oxidation sites excluding steroid dienone is 4. The van der Waals surface area contributed by atoms with Crippen molar-refractivity contribution in [3.63, 3.8) is 0 Å². The Morgan fingerprint density at radius 2 is 0.738 bits per heavy atom. The normalized spacial score (nSPS) is 16.6. The molecule has 0 amide bonds. The number of hydrogen-bond acceptors (Lipinski definition) is 6. The number of fused-ring (bicyclic) bond motifs is 10. The van der Waals surface area contributed by atoms with Crippen molar-refractivity contribution in [2.45, 2.75) is 17.8 Å². The zero-order chi connectivity index (χ0) is 40.3. The smallest absolute Gasteiger partial charge is 0.164 e. The number of aromatic nitrogens is 6. The van der Waals surface area contributed by atoms with E-state index in [1.54, 1.807) is 0 Å². The molecule has 2 unspecified atom stereocenters. The van der Waals surface area contributed by atoms with Gasteiger partial charge in [-0.3, -0.25) is 0 Å². The minimum atomic E-state index is -0.629. The second-order valence-electron chi connectivity index (χ2n) is 15.8. The second kappa shape index (κ2) is 14.1. The molecule has 6 nitrogen and oxygen atoms in total. The van der Waals surface area contributed by atoms with Gasteiger partial charge < -0.3 is 0 Å². The van der Waals surface area contributed by atoms with Crippen LogP contribution in [0.4, 0.5) is 0 Å². The Balaban J connectivity index is 1.08. The van der Waals surface area contributed by atoms with Gasteiger partial charge in [-0.05, 0) is 63.1 Å². The number of hydrogen-bond donors (Lipinski definition) is 0. The maximum Gasteiger partial charge on any atom is 0.164 e. The summed E-state index contributed by atoms with van der Waals surface area (Å²) in [5.74, 6) is 4.06. The molecule has 12 rings (SSSR count). The van der Waals surface area contributed by atoms with E-state index in [1.165, 1.54) is 44.5 Å². The molecule has 3 aliphatic rings. The fraction of sp³-hybridized carbons (Fsp3) is 0.0545. The van der Waals surface area contributed by atoms with Gasteiger partial charge in [0.1, 0.15) is 5.82 Å². The fourth-order valence-corrected chi connectivity index (χ4v) is 9.53. The van der Waals surface area contributed by atoms with Gasteiger partial charge in [-0.25, -0.2) is 29.9 Å². The van der Waals surface area contributed by atoms with Crippen LogP contribution in [0, 0.1) is 0 Å². The molecule has 0 bridgehead atoms. The van der Waals surface area contributed by atoms with Crippen LogP contribution < -0.4 is 0 Å². The topological polar surface area (TPSA) is 77.3 Å². The van der Waals surface area contributed by atoms with E-state index in [4.69, 9.17) is 29.9 Å². The number of rotatable bonds is 6. The molecule has 2 atom stereocenters. The maximum absolute atomic E-state index is 5.22.